The molecule has 0 bridgehead atoms. The number of rotatable bonds is 4. The number of carbonyl (C=O) groups is 1. The normalized spacial score (nSPS) is 17.4. The molecule has 0 amide bonds. The lowest BCUT2D eigenvalue weighted by molar-refractivity contribution is -0.116. The Balaban J connectivity index is 1.78. The number of para-hydroxylation sites is 1. The number of H-pyrrole nitrogens is 1. The Kier molecular flexibility index (Phi) is 4.77. The van der Waals surface area contributed by atoms with Crippen LogP contribution in [-0.4, -0.2) is 34.9 Å². The molecule has 1 aliphatic heterocycles. The van der Waals surface area contributed by atoms with E-state index in [0.717, 1.165) is 12.1 Å². The molecule has 1 aromatic heterocycles. The highest BCUT2D eigenvalue weighted by atomic mass is 16.5. The molecule has 3 aromatic rings. The molecule has 32 heavy (non-hydrogen) atoms. The molecule has 5 rings (SSSR count). The smallest absolute Gasteiger partial charge is 0.277 e. The van der Waals surface area contributed by atoms with Crippen molar-refractivity contribution >= 4 is 11.6 Å². The third-order valence-corrected chi connectivity index (χ3v) is 6.09. The third kappa shape index (κ3) is 2.98. The van der Waals surface area contributed by atoms with Crippen molar-refractivity contribution in [2.45, 2.75) is 25.2 Å². The van der Waals surface area contributed by atoms with Gasteiger partial charge < -0.3 is 19.9 Å². The second-order valence-corrected chi connectivity index (χ2v) is 7.88. The van der Waals surface area contributed by atoms with E-state index in [-0.39, 0.29) is 28.6 Å². The number of phenols is 1. The zero-order chi connectivity index (χ0) is 22.4. The number of carbonyl (C=O) groups excluding carboxylic acids is 1. The molecule has 1 atom stereocenters. The standard InChI is InChI=1S/C24H23N3O5/c1-31-17-11-13(12-18(32-2)22(17)29)19-20-15(9-6-10-16(20)28)25-23-21(19)24(30)27(26-23)14-7-4-3-5-8-14/h3-5,7-8,11-12,19,25-26,29H,6,9-10H2,1-2H3/t19-/m0/s1. The minimum Gasteiger partial charge on any atom is -0.502 e. The Morgan fingerprint density at radius 1 is 1.03 bits per heavy atom. The van der Waals surface area contributed by atoms with Gasteiger partial charge in [0.2, 0.25) is 5.75 Å². The van der Waals surface area contributed by atoms with E-state index in [1.54, 1.807) is 12.1 Å². The number of Topliss-reactive ketones (excluding diaryl/α,β-unsaturated/α-hetero) is 1. The van der Waals surface area contributed by atoms with Crippen LogP contribution < -0.4 is 20.3 Å². The molecule has 8 nitrogen and oxygen atoms in total. The first-order valence-electron chi connectivity index (χ1n) is 10.4. The number of aromatic hydroxyl groups is 1. The largest absolute Gasteiger partial charge is 0.502 e. The fraction of sp³-hybridized carbons (Fsp3) is 0.250. The molecule has 2 aliphatic rings. The van der Waals surface area contributed by atoms with Gasteiger partial charge in [0, 0.05) is 23.6 Å². The number of fused-ring (bicyclic) bond motifs is 1. The molecule has 3 N–H and O–H groups in total. The SMILES string of the molecule is COc1cc([C@H]2C3=C(CCCC3=O)Nc3[nH]n(-c4ccccc4)c(=O)c32)cc(OC)c1O. The molecule has 164 valence electrons. The molecular weight excluding hydrogens is 410 g/mol. The lowest BCUT2D eigenvalue weighted by atomic mass is 9.76. The summed E-state index contributed by atoms with van der Waals surface area (Å²) in [5.74, 6) is 0.238. The van der Waals surface area contributed by atoms with Crippen molar-refractivity contribution in [3.05, 3.63) is 75.2 Å². The van der Waals surface area contributed by atoms with Gasteiger partial charge in [-0.3, -0.25) is 14.7 Å². The Hall–Kier alpha value is -3.94. The van der Waals surface area contributed by atoms with Crippen LogP contribution in [0.5, 0.6) is 17.2 Å². The first-order chi connectivity index (χ1) is 15.5. The van der Waals surface area contributed by atoms with Gasteiger partial charge in [-0.15, -0.1) is 0 Å². The summed E-state index contributed by atoms with van der Waals surface area (Å²) in [6.45, 7) is 0. The van der Waals surface area contributed by atoms with E-state index in [1.165, 1.54) is 18.9 Å². The number of benzene rings is 2. The Bertz CT molecular complexity index is 1280. The lowest BCUT2D eigenvalue weighted by Crippen LogP contribution is -2.30. The Labute approximate surface area is 184 Å². The van der Waals surface area contributed by atoms with Gasteiger partial charge in [0.1, 0.15) is 5.82 Å². The van der Waals surface area contributed by atoms with Crippen LogP contribution in [0.4, 0.5) is 5.82 Å². The molecule has 0 unspecified atom stereocenters. The van der Waals surface area contributed by atoms with E-state index in [9.17, 15) is 14.7 Å². The van der Waals surface area contributed by atoms with Crippen molar-refractivity contribution < 1.29 is 19.4 Å². The number of phenolic OH excluding ortho intramolecular Hbond substituents is 1. The molecular formula is C24H23N3O5. The minimum absolute atomic E-state index is 0.00673. The van der Waals surface area contributed by atoms with E-state index in [2.05, 4.69) is 10.4 Å². The minimum atomic E-state index is -0.619. The van der Waals surface area contributed by atoms with Crippen molar-refractivity contribution in [2.75, 3.05) is 19.5 Å². The monoisotopic (exact) mass is 433 g/mol. The topological polar surface area (TPSA) is 106 Å². The van der Waals surface area contributed by atoms with Gasteiger partial charge in [0.15, 0.2) is 17.3 Å². The molecule has 2 heterocycles. The van der Waals surface area contributed by atoms with E-state index in [4.69, 9.17) is 9.47 Å². The molecule has 0 saturated carbocycles. The number of ketones is 1. The van der Waals surface area contributed by atoms with Gasteiger partial charge in [0.05, 0.1) is 25.5 Å². The Morgan fingerprint density at radius 2 is 1.72 bits per heavy atom. The summed E-state index contributed by atoms with van der Waals surface area (Å²) in [6.07, 6.45) is 1.89. The molecule has 0 radical (unpaired) electrons. The Morgan fingerprint density at radius 3 is 2.38 bits per heavy atom. The van der Waals surface area contributed by atoms with Gasteiger partial charge in [-0.2, -0.15) is 0 Å². The second-order valence-electron chi connectivity index (χ2n) is 7.88. The van der Waals surface area contributed by atoms with Crippen LogP contribution in [-0.2, 0) is 4.79 Å². The summed E-state index contributed by atoms with van der Waals surface area (Å²) in [4.78, 5) is 26.7. The van der Waals surface area contributed by atoms with Gasteiger partial charge in [-0.25, -0.2) is 4.68 Å². The van der Waals surface area contributed by atoms with Crippen LogP contribution in [0.25, 0.3) is 5.69 Å². The summed E-state index contributed by atoms with van der Waals surface area (Å²) < 4.78 is 12.1. The van der Waals surface area contributed by atoms with Crippen LogP contribution in [0.1, 0.15) is 36.3 Å². The number of hydrogen-bond donors (Lipinski definition) is 3. The number of ether oxygens (including phenoxy) is 2. The van der Waals surface area contributed by atoms with E-state index in [1.807, 2.05) is 30.3 Å². The van der Waals surface area contributed by atoms with Gasteiger partial charge in [0.25, 0.3) is 5.56 Å². The van der Waals surface area contributed by atoms with Crippen LogP contribution in [0.15, 0.2) is 58.5 Å². The van der Waals surface area contributed by atoms with Crippen LogP contribution in [0, 0.1) is 0 Å². The van der Waals surface area contributed by atoms with E-state index in [0.29, 0.717) is 41.0 Å². The zero-order valence-corrected chi connectivity index (χ0v) is 17.8. The quantitative estimate of drug-likeness (QED) is 0.582. The van der Waals surface area contributed by atoms with Crippen LogP contribution in [0.2, 0.25) is 0 Å². The molecule has 0 spiro atoms. The first-order valence-corrected chi connectivity index (χ1v) is 10.4. The highest BCUT2D eigenvalue weighted by molar-refractivity contribution is 6.01. The van der Waals surface area contributed by atoms with Gasteiger partial charge in [-0.1, -0.05) is 18.2 Å². The van der Waals surface area contributed by atoms with Crippen molar-refractivity contribution in [2.24, 2.45) is 0 Å². The second kappa shape index (κ2) is 7.64. The highest BCUT2D eigenvalue weighted by Crippen LogP contribution is 2.47. The number of aromatic nitrogens is 2. The van der Waals surface area contributed by atoms with Crippen molar-refractivity contribution in [1.29, 1.82) is 0 Å². The summed E-state index contributed by atoms with van der Waals surface area (Å²) in [7, 11) is 2.89. The molecule has 2 aromatic carbocycles. The third-order valence-electron chi connectivity index (χ3n) is 6.09. The number of methoxy groups -OCH3 is 2. The average Bonchev–Trinajstić information content (AvgIpc) is 3.14. The zero-order valence-electron chi connectivity index (χ0n) is 17.8. The van der Waals surface area contributed by atoms with Crippen molar-refractivity contribution in [3.8, 4) is 22.9 Å². The number of aromatic amines is 1. The fourth-order valence-electron chi connectivity index (χ4n) is 4.61. The summed E-state index contributed by atoms with van der Waals surface area (Å²) in [5, 5.41) is 16.9. The number of nitrogens with zero attached hydrogens (tertiary/aromatic N) is 1. The maximum Gasteiger partial charge on any atom is 0.277 e. The van der Waals surface area contributed by atoms with Crippen LogP contribution >= 0.6 is 0 Å². The van der Waals surface area contributed by atoms with Crippen LogP contribution in [0.3, 0.4) is 0 Å². The lowest BCUT2D eigenvalue weighted by Gasteiger charge is -2.31. The number of nitrogens with one attached hydrogen (secondary N) is 2. The van der Waals surface area contributed by atoms with Gasteiger partial charge >= 0.3 is 0 Å². The summed E-state index contributed by atoms with van der Waals surface area (Å²) in [5.41, 5.74) is 2.91. The van der Waals surface area contributed by atoms with Gasteiger partial charge in [-0.05, 0) is 42.7 Å². The van der Waals surface area contributed by atoms with Crippen molar-refractivity contribution in [1.82, 2.24) is 9.78 Å². The number of allylic oxidation sites excluding steroid dienone is 2. The first kappa shape index (κ1) is 20.0. The van der Waals surface area contributed by atoms with E-state index >= 15 is 0 Å². The molecule has 0 saturated heterocycles. The fourth-order valence-corrected chi connectivity index (χ4v) is 4.61. The number of anilines is 1. The maximum absolute atomic E-state index is 13.6. The predicted molar refractivity (Wildman–Crippen MR) is 119 cm³/mol. The van der Waals surface area contributed by atoms with Crippen molar-refractivity contribution in [3.63, 3.8) is 0 Å². The molecule has 8 heteroatoms. The highest BCUT2D eigenvalue weighted by Gasteiger charge is 2.39. The van der Waals surface area contributed by atoms with E-state index < -0.39 is 5.92 Å². The maximum atomic E-state index is 13.6. The molecule has 0 fully saturated rings. The average molecular weight is 433 g/mol. The number of hydrogen-bond acceptors (Lipinski definition) is 6. The molecule has 1 aliphatic carbocycles. The summed E-state index contributed by atoms with van der Waals surface area (Å²) >= 11 is 0. The summed E-state index contributed by atoms with van der Waals surface area (Å²) in [6, 6.07) is 12.6. The predicted octanol–water partition coefficient (Wildman–Crippen LogP) is 3.45.